The molecule has 4 aliphatic rings. The molecule has 4 aromatic rings. The number of rotatable bonds is 6. The molecule has 2 saturated heterocycles. The fourth-order valence-electron chi connectivity index (χ4n) is 9.54. The molecule has 2 spiro atoms. The fourth-order valence-corrected chi connectivity index (χ4v) is 11.3. The van der Waals surface area contributed by atoms with Crippen molar-refractivity contribution in [1.82, 2.24) is 29.9 Å². The lowest BCUT2D eigenvalue weighted by Gasteiger charge is -2.42. The van der Waals surface area contributed by atoms with Crippen LogP contribution in [0.15, 0.2) is 68.9 Å². The van der Waals surface area contributed by atoms with Gasteiger partial charge in [0.1, 0.15) is 21.7 Å². The van der Waals surface area contributed by atoms with E-state index in [2.05, 4.69) is 53.6 Å². The van der Waals surface area contributed by atoms with E-state index < -0.39 is 23.7 Å². The van der Waals surface area contributed by atoms with E-state index in [-0.39, 0.29) is 54.4 Å². The maximum absolute atomic E-state index is 13.2. The van der Waals surface area contributed by atoms with Crippen molar-refractivity contribution in [3.8, 4) is 0 Å². The van der Waals surface area contributed by atoms with Crippen molar-refractivity contribution in [3.05, 3.63) is 60.4 Å². The summed E-state index contributed by atoms with van der Waals surface area (Å²) in [6.07, 6.45) is 4.79. The summed E-state index contributed by atoms with van der Waals surface area (Å²) in [5, 5.41) is 0.467. The van der Waals surface area contributed by atoms with Gasteiger partial charge < -0.3 is 32.7 Å². The van der Waals surface area contributed by atoms with E-state index in [4.69, 9.17) is 22.9 Å². The zero-order chi connectivity index (χ0) is 43.0. The Bertz CT molecular complexity index is 1980. The summed E-state index contributed by atoms with van der Waals surface area (Å²) in [6, 6.07) is 6.09. The lowest BCUT2D eigenvalue weighted by molar-refractivity contribution is -0.144. The van der Waals surface area contributed by atoms with Crippen LogP contribution in [0.25, 0.3) is 0 Å². The maximum atomic E-state index is 13.2. The van der Waals surface area contributed by atoms with Gasteiger partial charge in [0.15, 0.2) is 23.0 Å². The molecule has 0 aromatic carbocycles. The van der Waals surface area contributed by atoms with Crippen LogP contribution in [0.1, 0.15) is 76.6 Å². The molecule has 12 nitrogen and oxygen atoms in total. The Balaban J connectivity index is 0.000000181. The van der Waals surface area contributed by atoms with Crippen LogP contribution in [0.5, 0.6) is 0 Å². The minimum absolute atomic E-state index is 0.0528. The monoisotopic (exact) mass is 876 g/mol. The van der Waals surface area contributed by atoms with Crippen molar-refractivity contribution in [2.75, 3.05) is 47.4 Å². The van der Waals surface area contributed by atoms with E-state index in [1.54, 1.807) is 12.4 Å². The number of alkyl halides is 6. The molecule has 60 heavy (non-hydrogen) atoms. The first-order chi connectivity index (χ1) is 28.4. The normalized spacial score (nSPS) is 23.8. The summed E-state index contributed by atoms with van der Waals surface area (Å²) in [5.74, 6) is 2.84. The zero-order valence-corrected chi connectivity index (χ0v) is 35.0. The van der Waals surface area contributed by atoms with Crippen molar-refractivity contribution >= 4 is 46.8 Å². The highest BCUT2D eigenvalue weighted by Gasteiger charge is 2.47. The molecular formula is C40H50F6N12S2. The third kappa shape index (κ3) is 9.50. The zero-order valence-electron chi connectivity index (χ0n) is 33.4. The smallest absolute Gasteiger partial charge is 0.381 e. The van der Waals surface area contributed by atoms with Crippen molar-refractivity contribution < 1.29 is 26.3 Å². The molecule has 0 radical (unpaired) electrons. The molecule has 0 amide bonds. The standard InChI is InChI=1S/2C20H25F3N6S/c2*1-12-9-14(24)19(10-12)4-7-29(8-5-19)15-11-27-18(17(25)28-15)30-13-3-2-6-26-16(13)20(21,22)23/h2*2-3,6,11-12,14H,4-5,7-10,24H2,1H3,(H2,25,28)/t12-,14+;12-,14-/m01/s1. The largest absolute Gasteiger partial charge is 0.434 e. The van der Waals surface area contributed by atoms with Gasteiger partial charge in [-0.1, -0.05) is 37.4 Å². The number of pyridine rings is 2. The number of anilines is 4. The molecule has 4 aromatic heterocycles. The van der Waals surface area contributed by atoms with Crippen molar-refractivity contribution in [3.63, 3.8) is 0 Å². The number of hydrogen-bond donors (Lipinski definition) is 4. The molecule has 6 heterocycles. The van der Waals surface area contributed by atoms with Gasteiger partial charge in [-0.25, -0.2) is 19.9 Å². The number of piperidine rings is 2. The van der Waals surface area contributed by atoms with Crippen LogP contribution in [-0.2, 0) is 12.4 Å². The van der Waals surface area contributed by atoms with E-state index in [9.17, 15) is 26.3 Å². The molecule has 20 heteroatoms. The molecule has 324 valence electrons. The van der Waals surface area contributed by atoms with Crippen LogP contribution in [0, 0.1) is 22.7 Å². The molecule has 0 unspecified atom stereocenters. The van der Waals surface area contributed by atoms with E-state index in [0.29, 0.717) is 23.5 Å². The number of halogens is 6. The van der Waals surface area contributed by atoms with Gasteiger partial charge >= 0.3 is 12.4 Å². The lowest BCUT2D eigenvalue weighted by Crippen LogP contribution is -2.47. The molecule has 8 rings (SSSR count). The first kappa shape index (κ1) is 43.9. The Kier molecular flexibility index (Phi) is 12.7. The van der Waals surface area contributed by atoms with Crippen LogP contribution in [0.3, 0.4) is 0 Å². The van der Waals surface area contributed by atoms with Gasteiger partial charge in [0.05, 0.1) is 12.4 Å². The molecule has 2 aliphatic carbocycles. The SMILES string of the molecule is C[C@@H]1C[C@@H](N)C2(CCN(c3cnc(Sc4cccnc4C(F)(F)F)c(N)n3)CC2)C1.C[C@H]1C[C@@H](N)C2(CCN(c3cnc(Sc4cccnc4C(F)(F)F)c(N)n3)CC2)C1. The number of nitrogens with zero attached hydrogens (tertiary/aromatic N) is 8. The highest BCUT2D eigenvalue weighted by Crippen LogP contribution is 2.50. The van der Waals surface area contributed by atoms with Crippen LogP contribution in [0.4, 0.5) is 49.6 Å². The average Bonchev–Trinajstić information content (AvgIpc) is 3.63. The molecular weight excluding hydrogens is 827 g/mol. The highest BCUT2D eigenvalue weighted by molar-refractivity contribution is 7.99. The summed E-state index contributed by atoms with van der Waals surface area (Å²) in [7, 11) is 0. The van der Waals surface area contributed by atoms with Crippen LogP contribution < -0.4 is 32.7 Å². The predicted molar refractivity (Wildman–Crippen MR) is 220 cm³/mol. The minimum atomic E-state index is -4.55. The second-order valence-corrected chi connectivity index (χ2v) is 18.8. The van der Waals surface area contributed by atoms with E-state index in [1.165, 1.54) is 24.3 Å². The van der Waals surface area contributed by atoms with Gasteiger partial charge in [-0.3, -0.25) is 9.97 Å². The summed E-state index contributed by atoms with van der Waals surface area (Å²) >= 11 is 1.65. The first-order valence-corrected chi connectivity index (χ1v) is 21.7. The van der Waals surface area contributed by atoms with Crippen LogP contribution in [0.2, 0.25) is 0 Å². The van der Waals surface area contributed by atoms with Gasteiger partial charge in [0.2, 0.25) is 0 Å². The van der Waals surface area contributed by atoms with E-state index >= 15 is 0 Å². The number of hydrogen-bond acceptors (Lipinski definition) is 14. The Morgan fingerprint density at radius 2 is 0.983 bits per heavy atom. The summed E-state index contributed by atoms with van der Waals surface area (Å²) in [5.41, 5.74) is 23.5. The third-order valence-electron chi connectivity index (χ3n) is 12.6. The molecule has 8 N–H and O–H groups in total. The second kappa shape index (κ2) is 17.3. The maximum Gasteiger partial charge on any atom is 0.434 e. The van der Waals surface area contributed by atoms with Gasteiger partial charge in [-0.15, -0.1) is 0 Å². The van der Waals surface area contributed by atoms with E-state index in [1.807, 2.05) is 0 Å². The first-order valence-electron chi connectivity index (χ1n) is 20.0. The topological polar surface area (TPSA) is 188 Å². The highest BCUT2D eigenvalue weighted by atomic mass is 32.2. The van der Waals surface area contributed by atoms with Crippen molar-refractivity contribution in [2.24, 2.45) is 34.1 Å². The number of nitrogen functional groups attached to an aromatic ring is 2. The van der Waals surface area contributed by atoms with Gasteiger partial charge in [-0.2, -0.15) is 26.3 Å². The van der Waals surface area contributed by atoms with Crippen molar-refractivity contribution in [1.29, 1.82) is 0 Å². The number of nitrogens with two attached hydrogens (primary N) is 4. The predicted octanol–water partition coefficient (Wildman–Crippen LogP) is 7.94. The van der Waals surface area contributed by atoms with Gasteiger partial charge in [0, 0.05) is 60.4 Å². The molecule has 2 saturated carbocycles. The summed E-state index contributed by atoms with van der Waals surface area (Å²) in [6.45, 7) is 7.80. The molecule has 0 bridgehead atoms. The fraction of sp³-hybridized carbons (Fsp3) is 0.550. The lowest BCUT2D eigenvalue weighted by atomic mass is 9.74. The van der Waals surface area contributed by atoms with E-state index in [0.717, 1.165) is 113 Å². The van der Waals surface area contributed by atoms with Crippen LogP contribution >= 0.6 is 23.5 Å². The molecule has 4 atom stereocenters. The number of aromatic nitrogens is 6. The second-order valence-electron chi connectivity index (χ2n) is 16.7. The van der Waals surface area contributed by atoms with Gasteiger partial charge in [0.25, 0.3) is 0 Å². The molecule has 2 aliphatic heterocycles. The summed E-state index contributed by atoms with van der Waals surface area (Å²) < 4.78 is 79.1. The van der Waals surface area contributed by atoms with Crippen molar-refractivity contribution in [2.45, 2.75) is 109 Å². The minimum Gasteiger partial charge on any atom is -0.381 e. The molecule has 4 fully saturated rings. The Hall–Kier alpha value is -4.14. The summed E-state index contributed by atoms with van der Waals surface area (Å²) in [4.78, 5) is 28.5. The Morgan fingerprint density at radius 3 is 1.28 bits per heavy atom. The quantitative estimate of drug-likeness (QED) is 0.137. The van der Waals surface area contributed by atoms with Crippen LogP contribution in [-0.4, -0.2) is 68.2 Å². The Labute approximate surface area is 353 Å². The third-order valence-corrected chi connectivity index (χ3v) is 14.7. The average molecular weight is 877 g/mol. The van der Waals surface area contributed by atoms with Gasteiger partial charge in [-0.05, 0) is 98.3 Å². The Morgan fingerprint density at radius 1 is 0.617 bits per heavy atom.